The molecule has 1 amide bonds. The van der Waals surface area contributed by atoms with Crippen molar-refractivity contribution in [1.82, 2.24) is 19.7 Å². The van der Waals surface area contributed by atoms with Crippen molar-refractivity contribution >= 4 is 34.1 Å². The molecule has 0 atom stereocenters. The Morgan fingerprint density at radius 1 is 1.03 bits per heavy atom. The highest BCUT2D eigenvalue weighted by molar-refractivity contribution is 7.99. The van der Waals surface area contributed by atoms with Crippen LogP contribution in [0.4, 0.5) is 5.13 Å². The lowest BCUT2D eigenvalue weighted by atomic mass is 10.2. The number of hydrogen-bond donors (Lipinski definition) is 1. The number of anilines is 1. The number of thioether (sulfide) groups is 1. The van der Waals surface area contributed by atoms with Crippen molar-refractivity contribution in [2.45, 2.75) is 25.9 Å². The van der Waals surface area contributed by atoms with E-state index in [4.69, 9.17) is 0 Å². The fourth-order valence-corrected chi connectivity index (χ4v) is 4.46. The Hall–Kier alpha value is -2.97. The third kappa shape index (κ3) is 4.44. The van der Waals surface area contributed by atoms with Crippen LogP contribution in [0.3, 0.4) is 0 Å². The van der Waals surface area contributed by atoms with Gasteiger partial charge in [-0.1, -0.05) is 59.8 Å². The van der Waals surface area contributed by atoms with Crippen LogP contribution in [0.1, 0.15) is 16.1 Å². The number of thiazole rings is 1. The highest BCUT2D eigenvalue weighted by atomic mass is 32.2. The number of aromatic nitrogens is 4. The molecule has 152 valence electrons. The summed E-state index contributed by atoms with van der Waals surface area (Å²) in [6.45, 7) is 5.98. The van der Waals surface area contributed by atoms with Gasteiger partial charge in [0, 0.05) is 16.1 Å². The molecule has 0 bridgehead atoms. The Bertz CT molecular complexity index is 1150. The predicted molar refractivity (Wildman–Crippen MR) is 122 cm³/mol. The van der Waals surface area contributed by atoms with Crippen LogP contribution in [0.5, 0.6) is 0 Å². The monoisotopic (exact) mass is 435 g/mol. The minimum atomic E-state index is -0.117. The molecule has 1 N–H and O–H groups in total. The summed E-state index contributed by atoms with van der Waals surface area (Å²) in [5.74, 6) is 0.846. The lowest BCUT2D eigenvalue weighted by Gasteiger charge is -2.10. The fraction of sp³-hybridized carbons (Fsp3) is 0.182. The van der Waals surface area contributed by atoms with Gasteiger partial charge in [-0.2, -0.15) is 0 Å². The number of nitrogens with zero attached hydrogens (tertiary/aromatic N) is 4. The second kappa shape index (κ2) is 8.81. The van der Waals surface area contributed by atoms with Crippen LogP contribution >= 0.6 is 23.1 Å². The van der Waals surface area contributed by atoms with E-state index in [1.165, 1.54) is 28.7 Å². The van der Waals surface area contributed by atoms with E-state index in [-0.39, 0.29) is 11.7 Å². The molecule has 0 unspecified atom stereocenters. The Morgan fingerprint density at radius 3 is 2.43 bits per heavy atom. The van der Waals surface area contributed by atoms with Crippen molar-refractivity contribution in [2.75, 3.05) is 11.1 Å². The number of hydrogen-bond acceptors (Lipinski definition) is 6. The van der Waals surface area contributed by atoms with Crippen LogP contribution < -0.4 is 5.32 Å². The number of amides is 1. The Morgan fingerprint density at radius 2 is 1.77 bits per heavy atom. The molecule has 0 saturated heterocycles. The maximum absolute atomic E-state index is 12.5. The molecule has 30 heavy (non-hydrogen) atoms. The van der Waals surface area contributed by atoms with Crippen molar-refractivity contribution in [3.8, 4) is 17.1 Å². The van der Waals surface area contributed by atoms with Crippen molar-refractivity contribution in [2.24, 2.45) is 0 Å². The van der Waals surface area contributed by atoms with Gasteiger partial charge >= 0.3 is 0 Å². The maximum Gasteiger partial charge on any atom is 0.236 e. The SMILES string of the molecule is Cc1ccc(-n2c(SCC(=O)Nc3nc(C)c(C)s3)nnc2-c2ccccc2)cc1. The van der Waals surface area contributed by atoms with Gasteiger partial charge in [-0.15, -0.1) is 21.5 Å². The highest BCUT2D eigenvalue weighted by Gasteiger charge is 2.17. The van der Waals surface area contributed by atoms with Crippen molar-refractivity contribution in [1.29, 1.82) is 0 Å². The molecule has 8 heteroatoms. The van der Waals surface area contributed by atoms with E-state index in [1.807, 2.05) is 60.9 Å². The molecule has 0 aliphatic carbocycles. The van der Waals surface area contributed by atoms with Crippen molar-refractivity contribution < 1.29 is 4.79 Å². The van der Waals surface area contributed by atoms with Gasteiger partial charge in [-0.3, -0.25) is 9.36 Å². The third-order valence-corrected chi connectivity index (χ3v) is 6.48. The Labute approximate surface area is 183 Å². The second-order valence-corrected chi connectivity index (χ2v) is 8.99. The third-order valence-electron chi connectivity index (χ3n) is 4.56. The van der Waals surface area contributed by atoms with E-state index in [0.29, 0.717) is 10.3 Å². The summed E-state index contributed by atoms with van der Waals surface area (Å²) in [6, 6.07) is 18.1. The summed E-state index contributed by atoms with van der Waals surface area (Å²) in [4.78, 5) is 17.9. The smallest absolute Gasteiger partial charge is 0.236 e. The van der Waals surface area contributed by atoms with Gasteiger partial charge in [0.2, 0.25) is 5.91 Å². The zero-order chi connectivity index (χ0) is 21.1. The zero-order valence-electron chi connectivity index (χ0n) is 16.9. The molecular weight excluding hydrogens is 414 g/mol. The number of carbonyl (C=O) groups excluding carboxylic acids is 1. The van der Waals surface area contributed by atoms with E-state index in [2.05, 4.69) is 39.6 Å². The first-order valence-electron chi connectivity index (χ1n) is 9.46. The standard InChI is InChI=1S/C22H21N5OS2/c1-14-9-11-18(12-10-14)27-20(17-7-5-4-6-8-17)25-26-22(27)29-13-19(28)24-21-23-15(2)16(3)30-21/h4-12H,13H2,1-3H3,(H,23,24,28). The number of benzene rings is 2. The van der Waals surface area contributed by atoms with Gasteiger partial charge in [0.25, 0.3) is 0 Å². The van der Waals surface area contributed by atoms with E-state index in [0.717, 1.165) is 27.6 Å². The maximum atomic E-state index is 12.5. The average Bonchev–Trinajstić information content (AvgIpc) is 3.30. The van der Waals surface area contributed by atoms with Crippen LogP contribution in [-0.4, -0.2) is 31.4 Å². The molecule has 6 nitrogen and oxygen atoms in total. The lowest BCUT2D eigenvalue weighted by molar-refractivity contribution is -0.113. The first-order chi connectivity index (χ1) is 14.5. The van der Waals surface area contributed by atoms with Gasteiger partial charge in [0.15, 0.2) is 16.1 Å². The minimum absolute atomic E-state index is 0.117. The summed E-state index contributed by atoms with van der Waals surface area (Å²) >= 11 is 2.84. The minimum Gasteiger partial charge on any atom is -0.301 e. The van der Waals surface area contributed by atoms with Gasteiger partial charge in [-0.25, -0.2) is 4.98 Å². The predicted octanol–water partition coefficient (Wildman–Crippen LogP) is 5.05. The summed E-state index contributed by atoms with van der Waals surface area (Å²) in [5, 5.41) is 12.9. The van der Waals surface area contributed by atoms with E-state index in [9.17, 15) is 4.79 Å². The summed E-state index contributed by atoms with van der Waals surface area (Å²) < 4.78 is 1.99. The molecule has 0 aliphatic rings. The molecule has 0 saturated carbocycles. The number of nitrogens with one attached hydrogen (secondary N) is 1. The Kier molecular flexibility index (Phi) is 5.96. The average molecular weight is 436 g/mol. The molecule has 2 aromatic carbocycles. The molecular formula is C22H21N5OS2. The fourth-order valence-electron chi connectivity index (χ4n) is 2.88. The molecule has 0 radical (unpaired) electrons. The van der Waals surface area contributed by atoms with Crippen molar-refractivity contribution in [3.63, 3.8) is 0 Å². The molecule has 2 heterocycles. The van der Waals surface area contributed by atoms with Crippen LogP contribution in [0.2, 0.25) is 0 Å². The largest absolute Gasteiger partial charge is 0.301 e. The number of carbonyl (C=O) groups is 1. The highest BCUT2D eigenvalue weighted by Crippen LogP contribution is 2.28. The quantitative estimate of drug-likeness (QED) is 0.429. The van der Waals surface area contributed by atoms with Crippen LogP contribution in [0, 0.1) is 20.8 Å². The van der Waals surface area contributed by atoms with Gasteiger partial charge in [-0.05, 0) is 32.9 Å². The Balaban J connectivity index is 1.59. The van der Waals surface area contributed by atoms with Crippen LogP contribution in [-0.2, 0) is 4.79 Å². The van der Waals surface area contributed by atoms with Gasteiger partial charge in [0.05, 0.1) is 11.4 Å². The zero-order valence-corrected chi connectivity index (χ0v) is 18.5. The normalized spacial score (nSPS) is 10.9. The molecule has 0 fully saturated rings. The summed E-state index contributed by atoms with van der Waals surface area (Å²) in [7, 11) is 0. The molecule has 4 rings (SSSR count). The molecule has 0 aliphatic heterocycles. The molecule has 2 aromatic heterocycles. The van der Waals surface area contributed by atoms with Crippen LogP contribution in [0.25, 0.3) is 17.1 Å². The summed E-state index contributed by atoms with van der Waals surface area (Å²) in [5.41, 5.74) is 4.04. The summed E-state index contributed by atoms with van der Waals surface area (Å²) in [6.07, 6.45) is 0. The van der Waals surface area contributed by atoms with Gasteiger partial charge < -0.3 is 5.32 Å². The first-order valence-corrected chi connectivity index (χ1v) is 11.3. The van der Waals surface area contributed by atoms with E-state index < -0.39 is 0 Å². The number of rotatable bonds is 6. The lowest BCUT2D eigenvalue weighted by Crippen LogP contribution is -2.14. The topological polar surface area (TPSA) is 72.7 Å². The first kappa shape index (κ1) is 20.3. The second-order valence-electron chi connectivity index (χ2n) is 6.84. The van der Waals surface area contributed by atoms with E-state index in [1.54, 1.807) is 0 Å². The molecule has 0 spiro atoms. The molecule has 4 aromatic rings. The number of aryl methyl sites for hydroxylation is 3. The van der Waals surface area contributed by atoms with Crippen molar-refractivity contribution in [3.05, 3.63) is 70.7 Å². The van der Waals surface area contributed by atoms with E-state index >= 15 is 0 Å². The van der Waals surface area contributed by atoms with Crippen LogP contribution in [0.15, 0.2) is 59.8 Å². The van der Waals surface area contributed by atoms with Gasteiger partial charge in [0.1, 0.15) is 0 Å².